The van der Waals surface area contributed by atoms with Crippen molar-refractivity contribution in [3.63, 3.8) is 0 Å². The molecule has 0 N–H and O–H groups in total. The minimum atomic E-state index is -0.129. The Hall–Kier alpha value is -2.81. The van der Waals surface area contributed by atoms with Gasteiger partial charge in [0, 0.05) is 19.2 Å². The maximum absolute atomic E-state index is 13.2. The normalized spacial score (nSPS) is 12.4. The Morgan fingerprint density at radius 3 is 2.72 bits per heavy atom. The second kappa shape index (κ2) is 10.2. The van der Waals surface area contributed by atoms with Crippen LogP contribution in [-0.4, -0.2) is 56.9 Å². The average molecular weight is 476 g/mol. The summed E-state index contributed by atoms with van der Waals surface area (Å²) in [4.78, 5) is 21.7. The number of halogens is 1. The number of carbonyl (C=O) groups excluding carboxylic acids is 1. The fraction of sp³-hybridized carbons (Fsp3) is 0.304. The van der Waals surface area contributed by atoms with Gasteiger partial charge in [-0.15, -0.1) is 12.4 Å². The molecule has 0 radical (unpaired) electrons. The summed E-state index contributed by atoms with van der Waals surface area (Å²) in [7, 11) is 5.60. The van der Waals surface area contributed by atoms with E-state index in [9.17, 15) is 4.79 Å². The highest BCUT2D eigenvalue weighted by Gasteiger charge is 2.20. The maximum atomic E-state index is 13.2. The van der Waals surface area contributed by atoms with Gasteiger partial charge in [0.15, 0.2) is 16.6 Å². The summed E-state index contributed by atoms with van der Waals surface area (Å²) in [6.07, 6.45) is 3.36. The lowest BCUT2D eigenvalue weighted by molar-refractivity contribution is -0.114. The van der Waals surface area contributed by atoms with Crippen molar-refractivity contribution in [1.82, 2.24) is 9.88 Å². The Morgan fingerprint density at radius 2 is 1.97 bits per heavy atom. The number of nitrogens with zero attached hydrogens (tertiary/aromatic N) is 3. The molecule has 1 aliphatic rings. The highest BCUT2D eigenvalue weighted by atomic mass is 35.5. The molecule has 2 heterocycles. The number of fused-ring (bicyclic) bond motifs is 2. The summed E-state index contributed by atoms with van der Waals surface area (Å²) < 4.78 is 17.3. The number of rotatable bonds is 7. The predicted molar refractivity (Wildman–Crippen MR) is 131 cm³/mol. The molecule has 7 nitrogen and oxygen atoms in total. The summed E-state index contributed by atoms with van der Waals surface area (Å²) in [6.45, 7) is 3.50. The number of hydrogen-bond acceptors (Lipinski definition) is 7. The van der Waals surface area contributed by atoms with Crippen LogP contribution < -0.4 is 19.1 Å². The van der Waals surface area contributed by atoms with Gasteiger partial charge in [-0.3, -0.25) is 9.69 Å². The number of benzene rings is 2. The number of aromatic nitrogens is 1. The minimum Gasteiger partial charge on any atom is -0.494 e. The highest BCUT2D eigenvalue weighted by Crippen LogP contribution is 2.37. The fourth-order valence-electron chi connectivity index (χ4n) is 3.25. The molecular formula is C23H26ClN3O4S. The van der Waals surface area contributed by atoms with Crippen molar-refractivity contribution in [1.29, 1.82) is 0 Å². The van der Waals surface area contributed by atoms with E-state index in [1.54, 1.807) is 24.2 Å². The number of methoxy groups -OCH3 is 1. The summed E-state index contributed by atoms with van der Waals surface area (Å²) in [5.74, 6) is 1.98. The molecule has 1 aliphatic heterocycles. The van der Waals surface area contributed by atoms with E-state index in [4.69, 9.17) is 19.2 Å². The van der Waals surface area contributed by atoms with Crippen LogP contribution in [0.5, 0.6) is 17.2 Å². The molecule has 4 rings (SSSR count). The lowest BCUT2D eigenvalue weighted by Gasteiger charge is -2.20. The van der Waals surface area contributed by atoms with Crippen LogP contribution in [-0.2, 0) is 4.79 Å². The van der Waals surface area contributed by atoms with Crippen LogP contribution in [0.25, 0.3) is 16.3 Å². The van der Waals surface area contributed by atoms with Crippen LogP contribution in [0.1, 0.15) is 11.1 Å². The van der Waals surface area contributed by atoms with Gasteiger partial charge < -0.3 is 19.1 Å². The number of thiazole rings is 1. The Balaban J connectivity index is 0.00000289. The van der Waals surface area contributed by atoms with Crippen LogP contribution in [0.15, 0.2) is 36.4 Å². The molecule has 0 atom stereocenters. The van der Waals surface area contributed by atoms with Crippen molar-refractivity contribution in [2.75, 3.05) is 46.0 Å². The van der Waals surface area contributed by atoms with Crippen molar-refractivity contribution in [3.8, 4) is 17.2 Å². The first-order valence-electron chi connectivity index (χ1n) is 9.94. The van der Waals surface area contributed by atoms with E-state index in [1.807, 2.05) is 56.3 Å². The van der Waals surface area contributed by atoms with Gasteiger partial charge in [-0.05, 0) is 56.4 Å². The number of carbonyl (C=O) groups is 1. The lowest BCUT2D eigenvalue weighted by atomic mass is 10.2. The van der Waals surface area contributed by atoms with Crippen molar-refractivity contribution in [3.05, 3.63) is 47.5 Å². The number of ether oxygens (including phenoxy) is 3. The fourth-order valence-corrected chi connectivity index (χ4v) is 4.34. The second-order valence-electron chi connectivity index (χ2n) is 7.50. The number of anilines is 1. The molecule has 0 fully saturated rings. The molecule has 1 aromatic heterocycles. The van der Waals surface area contributed by atoms with Gasteiger partial charge in [-0.25, -0.2) is 4.98 Å². The Morgan fingerprint density at radius 1 is 1.19 bits per heavy atom. The summed E-state index contributed by atoms with van der Waals surface area (Å²) in [5, 5.41) is 0.657. The summed E-state index contributed by atoms with van der Waals surface area (Å²) in [6, 6.07) is 9.52. The molecule has 0 saturated carbocycles. The van der Waals surface area contributed by atoms with E-state index >= 15 is 0 Å². The molecule has 0 spiro atoms. The van der Waals surface area contributed by atoms with Crippen LogP contribution in [0, 0.1) is 6.92 Å². The second-order valence-corrected chi connectivity index (χ2v) is 8.48. The molecule has 0 aliphatic carbocycles. The Kier molecular flexibility index (Phi) is 7.60. The molecule has 32 heavy (non-hydrogen) atoms. The molecule has 0 bridgehead atoms. The third kappa shape index (κ3) is 4.98. The average Bonchev–Trinajstić information content (AvgIpc) is 3.40. The predicted octanol–water partition coefficient (Wildman–Crippen LogP) is 4.37. The van der Waals surface area contributed by atoms with Gasteiger partial charge in [0.2, 0.25) is 6.79 Å². The zero-order chi connectivity index (χ0) is 22.0. The monoisotopic (exact) mass is 475 g/mol. The molecule has 3 aromatic rings. The molecule has 0 unspecified atom stereocenters. The van der Waals surface area contributed by atoms with E-state index in [0.717, 1.165) is 33.6 Å². The van der Waals surface area contributed by atoms with E-state index in [1.165, 1.54) is 11.3 Å². The van der Waals surface area contributed by atoms with E-state index < -0.39 is 0 Å². The van der Waals surface area contributed by atoms with Crippen molar-refractivity contribution < 1.29 is 19.0 Å². The molecule has 1 amide bonds. The van der Waals surface area contributed by atoms with Crippen molar-refractivity contribution >= 4 is 51.1 Å². The third-order valence-corrected chi connectivity index (χ3v) is 6.21. The maximum Gasteiger partial charge on any atom is 0.252 e. The number of hydrogen-bond donors (Lipinski definition) is 0. The SMILES string of the molecule is COc1ccc(C)c2sc(N(CCN(C)C)C(=O)C=Cc3ccc4c(c3)OCO4)nc12.Cl. The molecule has 170 valence electrons. The summed E-state index contributed by atoms with van der Waals surface area (Å²) in [5.41, 5.74) is 2.76. The highest BCUT2D eigenvalue weighted by molar-refractivity contribution is 7.22. The van der Waals surface area contributed by atoms with Gasteiger partial charge in [0.05, 0.1) is 11.8 Å². The zero-order valence-electron chi connectivity index (χ0n) is 18.5. The first-order valence-corrected chi connectivity index (χ1v) is 10.8. The zero-order valence-corrected chi connectivity index (χ0v) is 20.1. The first-order chi connectivity index (χ1) is 15.0. The van der Waals surface area contributed by atoms with Gasteiger partial charge in [0.1, 0.15) is 11.3 Å². The van der Waals surface area contributed by atoms with Gasteiger partial charge in [0.25, 0.3) is 5.91 Å². The largest absolute Gasteiger partial charge is 0.494 e. The minimum absolute atomic E-state index is 0. The topological polar surface area (TPSA) is 64.1 Å². The Labute approximate surface area is 197 Å². The summed E-state index contributed by atoms with van der Waals surface area (Å²) >= 11 is 1.50. The first kappa shape index (κ1) is 23.8. The van der Waals surface area contributed by atoms with Crippen LogP contribution in [0.3, 0.4) is 0 Å². The van der Waals surface area contributed by atoms with Gasteiger partial charge in [-0.1, -0.05) is 23.5 Å². The Bertz CT molecular complexity index is 1150. The van der Waals surface area contributed by atoms with Gasteiger partial charge >= 0.3 is 0 Å². The van der Waals surface area contributed by atoms with Crippen LogP contribution in [0.4, 0.5) is 5.13 Å². The lowest BCUT2D eigenvalue weighted by Crippen LogP contribution is -2.35. The molecule has 9 heteroatoms. The number of likely N-dealkylation sites (N-methyl/N-ethyl adjacent to an activating group) is 1. The molecule has 2 aromatic carbocycles. The van der Waals surface area contributed by atoms with Crippen LogP contribution >= 0.6 is 23.7 Å². The number of amides is 1. The van der Waals surface area contributed by atoms with E-state index in [2.05, 4.69) is 0 Å². The third-order valence-electron chi connectivity index (χ3n) is 4.99. The van der Waals surface area contributed by atoms with Crippen molar-refractivity contribution in [2.45, 2.75) is 6.92 Å². The van der Waals surface area contributed by atoms with E-state index in [-0.39, 0.29) is 25.1 Å². The number of aryl methyl sites for hydroxylation is 1. The quantitative estimate of drug-likeness (QED) is 0.473. The smallest absolute Gasteiger partial charge is 0.252 e. The van der Waals surface area contributed by atoms with Crippen LogP contribution in [0.2, 0.25) is 0 Å². The standard InChI is InChI=1S/C23H25N3O4S.ClH/c1-15-5-8-18(28-4)21-22(15)31-23(24-21)26(12-11-25(2)3)20(27)10-7-16-6-9-17-19(13-16)30-14-29-17;/h5-10,13H,11-12,14H2,1-4H3;1H. The molecular weight excluding hydrogens is 450 g/mol. The van der Waals surface area contributed by atoms with E-state index in [0.29, 0.717) is 23.2 Å². The van der Waals surface area contributed by atoms with Crippen molar-refractivity contribution in [2.24, 2.45) is 0 Å². The van der Waals surface area contributed by atoms with Gasteiger partial charge in [-0.2, -0.15) is 0 Å². The molecule has 0 saturated heterocycles.